The Balaban J connectivity index is 1.81. The Morgan fingerprint density at radius 1 is 0.960 bits per heavy atom. The average Bonchev–Trinajstić information content (AvgIpc) is 3.23. The van der Waals surface area contributed by atoms with Gasteiger partial charge < -0.3 is 9.88 Å². The minimum absolute atomic E-state index is 0.0582. The van der Waals surface area contributed by atoms with E-state index in [2.05, 4.69) is 59.7 Å². The van der Waals surface area contributed by atoms with Gasteiger partial charge in [-0.2, -0.15) is 0 Å². The van der Waals surface area contributed by atoms with Gasteiger partial charge in [0.15, 0.2) is 0 Å². The minimum Gasteiger partial charge on any atom is -0.365 e. The molecule has 25 heavy (non-hydrogen) atoms. The lowest BCUT2D eigenvalue weighted by Gasteiger charge is -2.22. The zero-order valence-corrected chi connectivity index (χ0v) is 14.6. The number of fused-ring (bicyclic) bond motifs is 1. The first-order valence-electron chi connectivity index (χ1n) is 8.35. The first-order chi connectivity index (χ1) is 12.0. The highest BCUT2D eigenvalue weighted by molar-refractivity contribution is 5.77. The summed E-state index contributed by atoms with van der Waals surface area (Å²) in [5.74, 6) is 1.01. The van der Waals surface area contributed by atoms with Crippen molar-refractivity contribution in [2.24, 2.45) is 0 Å². The molecule has 3 heterocycles. The van der Waals surface area contributed by atoms with Gasteiger partial charge in [0.25, 0.3) is 0 Å². The molecular weight excluding hydrogens is 310 g/mol. The van der Waals surface area contributed by atoms with Crippen LogP contribution in [0, 0.1) is 0 Å². The number of benzene rings is 1. The van der Waals surface area contributed by atoms with E-state index in [1.54, 1.807) is 12.5 Å². The Morgan fingerprint density at radius 3 is 2.44 bits per heavy atom. The van der Waals surface area contributed by atoms with Crippen LogP contribution in [0.1, 0.15) is 20.8 Å². The van der Waals surface area contributed by atoms with E-state index in [4.69, 9.17) is 4.98 Å². The number of hydrogen-bond donors (Lipinski definition) is 1. The third kappa shape index (κ3) is 3.01. The van der Waals surface area contributed by atoms with Gasteiger partial charge in [0.1, 0.15) is 17.2 Å². The normalized spacial score (nSPS) is 11.8. The van der Waals surface area contributed by atoms with Gasteiger partial charge in [-0.05, 0) is 45.0 Å². The highest BCUT2D eigenvalue weighted by Crippen LogP contribution is 2.31. The lowest BCUT2D eigenvalue weighted by atomic mass is 10.1. The summed E-state index contributed by atoms with van der Waals surface area (Å²) in [6.07, 6.45) is 7.56. The van der Waals surface area contributed by atoms with Crippen molar-refractivity contribution >= 4 is 11.5 Å². The molecule has 0 saturated carbocycles. The smallest absolute Gasteiger partial charge is 0.139 e. The van der Waals surface area contributed by atoms with Crippen LogP contribution >= 0.6 is 0 Å². The van der Waals surface area contributed by atoms with Crippen molar-refractivity contribution in [3.63, 3.8) is 0 Å². The molecule has 0 fully saturated rings. The first-order valence-corrected chi connectivity index (χ1v) is 8.35. The lowest BCUT2D eigenvalue weighted by molar-refractivity contribution is 0.629. The SMILES string of the molecule is CC(C)(C)Nc1c(-c2ccc(-n3ccnc3)cc2)nc2ccccn12. The summed E-state index contributed by atoms with van der Waals surface area (Å²) in [6.45, 7) is 6.46. The van der Waals surface area contributed by atoms with Crippen LogP contribution in [0.4, 0.5) is 5.82 Å². The van der Waals surface area contributed by atoms with Crippen LogP contribution in [0.15, 0.2) is 67.4 Å². The van der Waals surface area contributed by atoms with E-state index in [1.165, 1.54) is 0 Å². The number of nitrogens with zero attached hydrogens (tertiary/aromatic N) is 4. The summed E-state index contributed by atoms with van der Waals surface area (Å²) in [4.78, 5) is 8.94. The van der Waals surface area contributed by atoms with Gasteiger partial charge in [-0.25, -0.2) is 9.97 Å². The van der Waals surface area contributed by atoms with Crippen LogP contribution in [0.25, 0.3) is 22.6 Å². The van der Waals surface area contributed by atoms with Gasteiger partial charge in [-0.3, -0.25) is 4.40 Å². The van der Waals surface area contributed by atoms with Crippen molar-refractivity contribution in [3.8, 4) is 16.9 Å². The molecule has 0 aliphatic heterocycles. The van der Waals surface area contributed by atoms with E-state index in [-0.39, 0.29) is 5.54 Å². The van der Waals surface area contributed by atoms with E-state index in [9.17, 15) is 0 Å². The van der Waals surface area contributed by atoms with Crippen molar-refractivity contribution in [2.45, 2.75) is 26.3 Å². The molecule has 0 aliphatic carbocycles. The maximum Gasteiger partial charge on any atom is 0.139 e. The molecule has 0 radical (unpaired) electrons. The van der Waals surface area contributed by atoms with Gasteiger partial charge in [0.2, 0.25) is 0 Å². The summed E-state index contributed by atoms with van der Waals surface area (Å²) in [6, 6.07) is 14.4. The van der Waals surface area contributed by atoms with Crippen molar-refractivity contribution in [3.05, 3.63) is 67.4 Å². The lowest BCUT2D eigenvalue weighted by Crippen LogP contribution is -2.27. The van der Waals surface area contributed by atoms with Crippen molar-refractivity contribution < 1.29 is 0 Å². The fourth-order valence-corrected chi connectivity index (χ4v) is 2.88. The molecule has 0 aliphatic rings. The molecule has 5 heteroatoms. The molecule has 1 N–H and O–H groups in total. The number of pyridine rings is 1. The number of hydrogen-bond acceptors (Lipinski definition) is 3. The summed E-state index contributed by atoms with van der Waals surface area (Å²) < 4.78 is 4.09. The summed E-state index contributed by atoms with van der Waals surface area (Å²) in [5.41, 5.74) is 3.99. The topological polar surface area (TPSA) is 47.2 Å². The summed E-state index contributed by atoms with van der Waals surface area (Å²) in [5, 5.41) is 3.60. The maximum absolute atomic E-state index is 4.84. The molecule has 4 aromatic rings. The molecule has 0 saturated heterocycles. The van der Waals surface area contributed by atoms with Gasteiger partial charge in [0, 0.05) is 35.4 Å². The molecule has 126 valence electrons. The van der Waals surface area contributed by atoms with E-state index >= 15 is 0 Å². The Bertz CT molecular complexity index is 989. The van der Waals surface area contributed by atoms with Crippen molar-refractivity contribution in [2.75, 3.05) is 5.32 Å². The zero-order chi connectivity index (χ0) is 17.4. The molecule has 4 rings (SSSR count). The van der Waals surface area contributed by atoms with Crippen LogP contribution in [0.5, 0.6) is 0 Å². The molecule has 0 amide bonds. The number of rotatable bonds is 3. The summed E-state index contributed by atoms with van der Waals surface area (Å²) >= 11 is 0. The number of imidazole rings is 2. The van der Waals surface area contributed by atoms with E-state index in [0.717, 1.165) is 28.4 Å². The van der Waals surface area contributed by atoms with Gasteiger partial charge in [-0.1, -0.05) is 18.2 Å². The Kier molecular flexibility index (Phi) is 3.57. The van der Waals surface area contributed by atoms with Crippen LogP contribution in [0.3, 0.4) is 0 Å². The third-order valence-corrected chi connectivity index (χ3v) is 3.97. The zero-order valence-electron chi connectivity index (χ0n) is 14.6. The molecule has 0 spiro atoms. The van der Waals surface area contributed by atoms with Crippen molar-refractivity contribution in [1.29, 1.82) is 0 Å². The molecule has 1 aromatic carbocycles. The second kappa shape index (κ2) is 5.77. The maximum atomic E-state index is 4.84. The van der Waals surface area contributed by atoms with Crippen LogP contribution in [-0.2, 0) is 0 Å². The monoisotopic (exact) mass is 331 g/mol. The average molecular weight is 331 g/mol. The third-order valence-electron chi connectivity index (χ3n) is 3.97. The van der Waals surface area contributed by atoms with Crippen LogP contribution < -0.4 is 5.32 Å². The number of anilines is 1. The van der Waals surface area contributed by atoms with Crippen LogP contribution in [0.2, 0.25) is 0 Å². The van der Waals surface area contributed by atoms with Crippen molar-refractivity contribution in [1.82, 2.24) is 18.9 Å². The number of nitrogens with one attached hydrogen (secondary N) is 1. The highest BCUT2D eigenvalue weighted by atomic mass is 15.2. The number of aromatic nitrogens is 4. The minimum atomic E-state index is -0.0582. The fourth-order valence-electron chi connectivity index (χ4n) is 2.88. The van der Waals surface area contributed by atoms with Gasteiger partial charge in [0.05, 0.1) is 6.33 Å². The second-order valence-corrected chi connectivity index (χ2v) is 7.13. The summed E-state index contributed by atoms with van der Waals surface area (Å²) in [7, 11) is 0. The molecule has 0 bridgehead atoms. The predicted molar refractivity (Wildman–Crippen MR) is 101 cm³/mol. The molecule has 3 aromatic heterocycles. The molecule has 0 unspecified atom stereocenters. The second-order valence-electron chi connectivity index (χ2n) is 7.13. The highest BCUT2D eigenvalue weighted by Gasteiger charge is 2.19. The van der Waals surface area contributed by atoms with E-state index in [1.807, 2.05) is 35.2 Å². The van der Waals surface area contributed by atoms with E-state index in [0.29, 0.717) is 0 Å². The molecule has 0 atom stereocenters. The first kappa shape index (κ1) is 15.4. The standard InChI is InChI=1S/C20H21N5/c1-20(2,3)23-19-18(22-17-6-4-5-12-25(17)19)15-7-9-16(10-8-15)24-13-11-21-14-24/h4-14,23H,1-3H3. The largest absolute Gasteiger partial charge is 0.365 e. The predicted octanol–water partition coefficient (Wildman–Crippen LogP) is 4.40. The Morgan fingerprint density at radius 2 is 1.76 bits per heavy atom. The molecule has 5 nitrogen and oxygen atoms in total. The quantitative estimate of drug-likeness (QED) is 0.605. The Hall–Kier alpha value is -3.08. The van der Waals surface area contributed by atoms with E-state index < -0.39 is 0 Å². The van der Waals surface area contributed by atoms with Gasteiger partial charge >= 0.3 is 0 Å². The fraction of sp³-hybridized carbons (Fsp3) is 0.200. The molecular formula is C20H21N5. The van der Waals surface area contributed by atoms with Crippen LogP contribution in [-0.4, -0.2) is 24.5 Å². The Labute approximate surface area is 147 Å². The van der Waals surface area contributed by atoms with Gasteiger partial charge in [-0.15, -0.1) is 0 Å².